The molecule has 1 amide bonds. The first kappa shape index (κ1) is 14.1. The summed E-state index contributed by atoms with van der Waals surface area (Å²) in [5.41, 5.74) is 5.64. The van der Waals surface area contributed by atoms with Gasteiger partial charge < -0.3 is 20.5 Å². The second-order valence-electron chi connectivity index (χ2n) is 4.19. The van der Waals surface area contributed by atoms with E-state index >= 15 is 0 Å². The van der Waals surface area contributed by atoms with Crippen LogP contribution in [0.1, 0.15) is 6.42 Å². The Hall–Kier alpha value is -1.28. The molecule has 1 aromatic heterocycles. The van der Waals surface area contributed by atoms with Crippen molar-refractivity contribution in [3.8, 4) is 5.88 Å². The van der Waals surface area contributed by atoms with Crippen LogP contribution in [0.15, 0.2) is 4.60 Å². The summed E-state index contributed by atoms with van der Waals surface area (Å²) in [6.07, 6.45) is -0.148. The molecule has 0 saturated carbocycles. The Labute approximate surface area is 122 Å². The van der Waals surface area contributed by atoms with Crippen molar-refractivity contribution in [2.75, 3.05) is 25.4 Å². The van der Waals surface area contributed by atoms with Gasteiger partial charge in [-0.3, -0.25) is 0 Å². The number of nitrogen functional groups attached to an aromatic ring is 1. The van der Waals surface area contributed by atoms with E-state index in [0.717, 1.165) is 6.42 Å². The van der Waals surface area contributed by atoms with Crippen LogP contribution in [0.4, 0.5) is 10.6 Å². The van der Waals surface area contributed by atoms with Crippen molar-refractivity contribution in [3.63, 3.8) is 0 Å². The largest absolute Gasteiger partial charge is 0.475 e. The predicted octanol–water partition coefficient (Wildman–Crippen LogP) is 1.85. The molecular weight excluding hydrogens is 339 g/mol. The van der Waals surface area contributed by atoms with Gasteiger partial charge >= 0.3 is 6.09 Å². The van der Waals surface area contributed by atoms with E-state index in [1.807, 2.05) is 0 Å². The number of aromatic nitrogens is 2. The minimum Gasteiger partial charge on any atom is -0.475 e. The van der Waals surface area contributed by atoms with Gasteiger partial charge in [0.25, 0.3) is 5.88 Å². The standard InChI is InChI=1S/C10H12BrClN4O3/c11-6-7(12)15-8(13)9(14-6)19-4-5-1-2-16(3-5)10(17)18/h5H,1-4H2,(H2,13,15)(H,17,18)/t5-/m1/s1. The number of nitrogens with zero attached hydrogens (tertiary/aromatic N) is 3. The van der Waals surface area contributed by atoms with E-state index in [2.05, 4.69) is 25.9 Å². The number of rotatable bonds is 3. The third-order valence-electron chi connectivity index (χ3n) is 2.82. The van der Waals surface area contributed by atoms with Gasteiger partial charge in [-0.05, 0) is 22.4 Å². The molecule has 1 fully saturated rings. The third-order valence-corrected chi connectivity index (χ3v) is 3.86. The van der Waals surface area contributed by atoms with Crippen LogP contribution < -0.4 is 10.5 Å². The number of hydrogen-bond acceptors (Lipinski definition) is 5. The highest BCUT2D eigenvalue weighted by Crippen LogP contribution is 2.26. The van der Waals surface area contributed by atoms with Gasteiger partial charge in [0, 0.05) is 19.0 Å². The van der Waals surface area contributed by atoms with E-state index in [1.54, 1.807) is 0 Å². The molecule has 104 valence electrons. The first-order valence-electron chi connectivity index (χ1n) is 5.56. The summed E-state index contributed by atoms with van der Waals surface area (Å²) in [4.78, 5) is 20.0. The predicted molar refractivity (Wildman–Crippen MR) is 72.4 cm³/mol. The van der Waals surface area contributed by atoms with E-state index in [0.29, 0.717) is 24.3 Å². The number of nitrogens with two attached hydrogens (primary N) is 1. The third kappa shape index (κ3) is 3.38. The number of anilines is 1. The molecule has 0 aromatic carbocycles. The van der Waals surface area contributed by atoms with Gasteiger partial charge in [0.05, 0.1) is 6.61 Å². The Balaban J connectivity index is 1.93. The lowest BCUT2D eigenvalue weighted by Gasteiger charge is -2.13. The van der Waals surface area contributed by atoms with Crippen molar-refractivity contribution in [1.82, 2.24) is 14.9 Å². The zero-order chi connectivity index (χ0) is 14.0. The van der Waals surface area contributed by atoms with Crippen molar-refractivity contribution in [2.24, 2.45) is 5.92 Å². The van der Waals surface area contributed by atoms with Crippen LogP contribution in [0.3, 0.4) is 0 Å². The number of ether oxygens (including phenoxy) is 1. The topological polar surface area (TPSA) is 102 Å². The van der Waals surface area contributed by atoms with Gasteiger partial charge in [-0.2, -0.15) is 4.98 Å². The maximum Gasteiger partial charge on any atom is 0.407 e. The fraction of sp³-hybridized carbons (Fsp3) is 0.500. The van der Waals surface area contributed by atoms with Crippen LogP contribution in [-0.4, -0.2) is 45.8 Å². The van der Waals surface area contributed by atoms with E-state index in [4.69, 9.17) is 27.2 Å². The van der Waals surface area contributed by atoms with Crippen LogP contribution in [0.25, 0.3) is 0 Å². The Morgan fingerprint density at radius 2 is 2.37 bits per heavy atom. The molecular formula is C10H12BrClN4O3. The molecule has 19 heavy (non-hydrogen) atoms. The second kappa shape index (κ2) is 5.79. The Kier molecular flexibility index (Phi) is 4.31. The van der Waals surface area contributed by atoms with Crippen LogP contribution in [0.5, 0.6) is 5.88 Å². The molecule has 2 rings (SSSR count). The van der Waals surface area contributed by atoms with Crippen LogP contribution in [0.2, 0.25) is 5.15 Å². The molecule has 0 spiro atoms. The summed E-state index contributed by atoms with van der Waals surface area (Å²) in [7, 11) is 0. The van der Waals surface area contributed by atoms with Crippen molar-refractivity contribution >= 4 is 39.4 Å². The summed E-state index contributed by atoms with van der Waals surface area (Å²) in [5.74, 6) is 0.443. The van der Waals surface area contributed by atoms with E-state index in [-0.39, 0.29) is 22.8 Å². The number of halogens is 2. The summed E-state index contributed by atoms with van der Waals surface area (Å²) in [6, 6.07) is 0. The number of amides is 1. The summed E-state index contributed by atoms with van der Waals surface area (Å²) < 4.78 is 5.84. The molecule has 1 atom stereocenters. The molecule has 0 unspecified atom stereocenters. The quantitative estimate of drug-likeness (QED) is 0.862. The molecule has 1 aliphatic rings. The van der Waals surface area contributed by atoms with E-state index in [1.165, 1.54) is 4.90 Å². The summed E-state index contributed by atoms with van der Waals surface area (Å²) >= 11 is 8.87. The normalized spacial score (nSPS) is 18.6. The van der Waals surface area contributed by atoms with Crippen molar-refractivity contribution in [2.45, 2.75) is 6.42 Å². The minimum absolute atomic E-state index is 0.112. The number of carbonyl (C=O) groups is 1. The molecule has 1 aromatic rings. The lowest BCUT2D eigenvalue weighted by molar-refractivity contribution is 0.151. The first-order valence-corrected chi connectivity index (χ1v) is 6.73. The molecule has 0 radical (unpaired) electrons. The zero-order valence-electron chi connectivity index (χ0n) is 9.84. The molecule has 1 aliphatic heterocycles. The monoisotopic (exact) mass is 350 g/mol. The van der Waals surface area contributed by atoms with Gasteiger partial charge in [-0.1, -0.05) is 11.6 Å². The van der Waals surface area contributed by atoms with Gasteiger partial charge in [-0.15, -0.1) is 0 Å². The number of carboxylic acid groups (broad SMARTS) is 1. The maximum absolute atomic E-state index is 10.8. The summed E-state index contributed by atoms with van der Waals surface area (Å²) in [6.45, 7) is 1.32. The van der Waals surface area contributed by atoms with E-state index < -0.39 is 6.09 Å². The SMILES string of the molecule is Nc1nc(Cl)c(Br)nc1OC[C@@H]1CCN(C(=O)O)C1. The fourth-order valence-electron chi connectivity index (χ4n) is 1.84. The Bertz CT molecular complexity index is 502. The van der Waals surface area contributed by atoms with Crippen molar-refractivity contribution in [1.29, 1.82) is 0 Å². The molecule has 1 saturated heterocycles. The van der Waals surface area contributed by atoms with Crippen LogP contribution >= 0.6 is 27.5 Å². The van der Waals surface area contributed by atoms with Crippen LogP contribution in [-0.2, 0) is 0 Å². The molecule has 9 heteroatoms. The number of likely N-dealkylation sites (tertiary alicyclic amines) is 1. The van der Waals surface area contributed by atoms with Crippen molar-refractivity contribution in [3.05, 3.63) is 9.76 Å². The Morgan fingerprint density at radius 3 is 3.00 bits per heavy atom. The Morgan fingerprint density at radius 1 is 1.63 bits per heavy atom. The molecule has 0 aliphatic carbocycles. The lowest BCUT2D eigenvalue weighted by atomic mass is 10.1. The average Bonchev–Trinajstić information content (AvgIpc) is 2.81. The van der Waals surface area contributed by atoms with E-state index in [9.17, 15) is 4.79 Å². The van der Waals surface area contributed by atoms with Gasteiger partial charge in [0.1, 0.15) is 4.60 Å². The van der Waals surface area contributed by atoms with Crippen molar-refractivity contribution < 1.29 is 14.6 Å². The average molecular weight is 352 g/mol. The zero-order valence-corrected chi connectivity index (χ0v) is 12.2. The van der Waals surface area contributed by atoms with Gasteiger partial charge in [0.2, 0.25) is 0 Å². The molecule has 7 nitrogen and oxygen atoms in total. The molecule has 0 bridgehead atoms. The molecule has 2 heterocycles. The van der Waals surface area contributed by atoms with Crippen LogP contribution in [0, 0.1) is 5.92 Å². The van der Waals surface area contributed by atoms with Gasteiger partial charge in [-0.25, -0.2) is 9.78 Å². The first-order chi connectivity index (χ1) is 8.97. The highest BCUT2D eigenvalue weighted by atomic mass is 79.9. The second-order valence-corrected chi connectivity index (χ2v) is 5.30. The highest BCUT2D eigenvalue weighted by molar-refractivity contribution is 9.10. The summed E-state index contributed by atoms with van der Waals surface area (Å²) in [5, 5.41) is 9.02. The highest BCUT2D eigenvalue weighted by Gasteiger charge is 2.26. The minimum atomic E-state index is -0.906. The van der Waals surface area contributed by atoms with Gasteiger partial charge in [0.15, 0.2) is 11.0 Å². The number of hydrogen-bond donors (Lipinski definition) is 2. The maximum atomic E-state index is 10.8. The fourth-order valence-corrected chi connectivity index (χ4v) is 2.22. The molecule has 3 N–H and O–H groups in total. The lowest BCUT2D eigenvalue weighted by Crippen LogP contribution is -2.27. The smallest absolute Gasteiger partial charge is 0.407 e.